The van der Waals surface area contributed by atoms with Crippen LogP contribution in [0.2, 0.25) is 0 Å². The van der Waals surface area contributed by atoms with Gasteiger partial charge in [-0.15, -0.1) is 11.3 Å². The summed E-state index contributed by atoms with van der Waals surface area (Å²) in [5.74, 6) is 1.18. The lowest BCUT2D eigenvalue weighted by atomic mass is 9.97. The lowest BCUT2D eigenvalue weighted by Crippen LogP contribution is -2.36. The first kappa shape index (κ1) is 15.2. The van der Waals surface area contributed by atoms with Gasteiger partial charge in [-0.1, -0.05) is 12.1 Å². The average Bonchev–Trinajstić information content (AvgIpc) is 3.13. The summed E-state index contributed by atoms with van der Waals surface area (Å²) in [5, 5.41) is 8.74. The Morgan fingerprint density at radius 2 is 2.45 bits per heavy atom. The van der Waals surface area contributed by atoms with Gasteiger partial charge >= 0.3 is 0 Å². The molecule has 0 aromatic carbocycles. The molecule has 5 nitrogen and oxygen atoms in total. The summed E-state index contributed by atoms with van der Waals surface area (Å²) in [4.78, 5) is 16.0. The third kappa shape index (κ3) is 3.23. The van der Waals surface area contributed by atoms with Gasteiger partial charge in [0.2, 0.25) is 5.91 Å². The predicted molar refractivity (Wildman–Crippen MR) is 87.1 cm³/mol. The minimum Gasteiger partial charge on any atom is -0.360 e. The molecule has 3 rings (SSSR count). The van der Waals surface area contributed by atoms with Crippen molar-refractivity contribution in [1.82, 2.24) is 10.1 Å². The highest BCUT2D eigenvalue weighted by Gasteiger charge is 2.26. The van der Waals surface area contributed by atoms with Crippen LogP contribution in [0.4, 0.5) is 5.82 Å². The quantitative estimate of drug-likeness (QED) is 0.918. The van der Waals surface area contributed by atoms with Crippen molar-refractivity contribution < 1.29 is 9.32 Å². The molecule has 6 heteroatoms. The zero-order valence-corrected chi connectivity index (χ0v) is 13.8. The molecule has 0 saturated carbocycles. The number of aromatic nitrogens is 1. The zero-order valence-electron chi connectivity index (χ0n) is 13.0. The highest BCUT2D eigenvalue weighted by atomic mass is 32.1. The molecule has 0 unspecified atom stereocenters. The topological polar surface area (TPSA) is 58.4 Å². The zero-order chi connectivity index (χ0) is 15.5. The SMILES string of the molecule is CC[C@@H]1c2ccsc2CCN1CCC(=O)Nc1cc(C)on1. The first-order valence-corrected chi connectivity index (χ1v) is 8.59. The van der Waals surface area contributed by atoms with E-state index in [4.69, 9.17) is 4.52 Å². The Balaban J connectivity index is 1.56. The Kier molecular flexibility index (Phi) is 4.59. The van der Waals surface area contributed by atoms with Crippen LogP contribution in [0.15, 0.2) is 22.0 Å². The molecule has 1 N–H and O–H groups in total. The number of thiophene rings is 1. The van der Waals surface area contributed by atoms with Gasteiger partial charge in [0, 0.05) is 36.5 Å². The molecule has 1 atom stereocenters. The van der Waals surface area contributed by atoms with Crippen molar-refractivity contribution in [2.75, 3.05) is 18.4 Å². The van der Waals surface area contributed by atoms with Gasteiger partial charge in [0.05, 0.1) is 0 Å². The van der Waals surface area contributed by atoms with Gasteiger partial charge in [0.15, 0.2) is 5.82 Å². The second-order valence-corrected chi connectivity index (χ2v) is 6.63. The normalized spacial score (nSPS) is 18.2. The Hall–Kier alpha value is -1.66. The van der Waals surface area contributed by atoms with E-state index < -0.39 is 0 Å². The van der Waals surface area contributed by atoms with Crippen molar-refractivity contribution in [3.63, 3.8) is 0 Å². The van der Waals surface area contributed by atoms with Crippen molar-refractivity contribution in [2.24, 2.45) is 0 Å². The van der Waals surface area contributed by atoms with E-state index in [2.05, 4.69) is 33.7 Å². The molecule has 0 saturated heterocycles. The van der Waals surface area contributed by atoms with Gasteiger partial charge in [-0.25, -0.2) is 0 Å². The van der Waals surface area contributed by atoms with Gasteiger partial charge in [0.25, 0.3) is 0 Å². The lowest BCUT2D eigenvalue weighted by Gasteiger charge is -2.35. The first-order chi connectivity index (χ1) is 10.7. The van der Waals surface area contributed by atoms with Gasteiger partial charge in [0.1, 0.15) is 5.76 Å². The molecular weight excluding hydrogens is 298 g/mol. The summed E-state index contributed by atoms with van der Waals surface area (Å²) in [6.45, 7) is 5.82. The molecular formula is C16H21N3O2S. The number of nitrogens with one attached hydrogen (secondary N) is 1. The van der Waals surface area contributed by atoms with E-state index in [1.54, 1.807) is 13.0 Å². The predicted octanol–water partition coefficient (Wildman–Crippen LogP) is 3.38. The van der Waals surface area contributed by atoms with Gasteiger partial charge < -0.3 is 9.84 Å². The third-order valence-electron chi connectivity index (χ3n) is 4.11. The molecule has 2 aromatic rings. The van der Waals surface area contributed by atoms with Crippen LogP contribution in [-0.2, 0) is 11.2 Å². The molecule has 0 radical (unpaired) electrons. The lowest BCUT2D eigenvalue weighted by molar-refractivity contribution is -0.116. The molecule has 1 aliphatic rings. The minimum atomic E-state index is -0.0146. The van der Waals surface area contributed by atoms with E-state index in [1.165, 1.54) is 10.4 Å². The summed E-state index contributed by atoms with van der Waals surface area (Å²) in [6.07, 6.45) is 2.64. The van der Waals surface area contributed by atoms with Gasteiger partial charge in [-0.2, -0.15) is 0 Å². The molecule has 0 aliphatic carbocycles. The van der Waals surface area contributed by atoms with Crippen LogP contribution in [-0.4, -0.2) is 29.1 Å². The van der Waals surface area contributed by atoms with E-state index >= 15 is 0 Å². The number of amides is 1. The van der Waals surface area contributed by atoms with E-state index in [1.807, 2.05) is 11.3 Å². The van der Waals surface area contributed by atoms with Crippen LogP contribution in [0.25, 0.3) is 0 Å². The van der Waals surface area contributed by atoms with Crippen LogP contribution in [0.1, 0.15) is 42.0 Å². The Bertz CT molecular complexity index is 649. The van der Waals surface area contributed by atoms with E-state index in [0.717, 1.165) is 25.9 Å². The summed E-state index contributed by atoms with van der Waals surface area (Å²) in [6, 6.07) is 4.40. The summed E-state index contributed by atoms with van der Waals surface area (Å²) >= 11 is 1.85. The minimum absolute atomic E-state index is 0.0146. The molecule has 22 heavy (non-hydrogen) atoms. The van der Waals surface area contributed by atoms with Crippen molar-refractivity contribution in [3.8, 4) is 0 Å². The second kappa shape index (κ2) is 6.62. The largest absolute Gasteiger partial charge is 0.360 e. The summed E-state index contributed by atoms with van der Waals surface area (Å²) < 4.78 is 4.95. The van der Waals surface area contributed by atoms with Crippen LogP contribution in [0, 0.1) is 6.92 Å². The monoisotopic (exact) mass is 319 g/mol. The number of hydrogen-bond donors (Lipinski definition) is 1. The van der Waals surface area contributed by atoms with Gasteiger partial charge in [-0.3, -0.25) is 9.69 Å². The molecule has 3 heterocycles. The Morgan fingerprint density at radius 1 is 1.59 bits per heavy atom. The average molecular weight is 319 g/mol. The van der Waals surface area contributed by atoms with Crippen molar-refractivity contribution in [3.05, 3.63) is 33.7 Å². The van der Waals surface area contributed by atoms with Crippen LogP contribution >= 0.6 is 11.3 Å². The molecule has 0 fully saturated rings. The maximum atomic E-state index is 12.0. The molecule has 1 amide bonds. The Morgan fingerprint density at radius 3 is 3.18 bits per heavy atom. The summed E-state index contributed by atoms with van der Waals surface area (Å²) in [5.41, 5.74) is 1.45. The standard InChI is InChI=1S/C16H21N3O2S/c1-3-13-12-6-9-22-14(12)4-7-19(13)8-5-16(20)17-15-10-11(2)21-18-15/h6,9-10,13H,3-5,7-8H2,1-2H3,(H,17,18,20)/t13-/m1/s1. The number of nitrogens with zero attached hydrogens (tertiary/aromatic N) is 2. The van der Waals surface area contributed by atoms with Crippen LogP contribution < -0.4 is 5.32 Å². The molecule has 118 valence electrons. The van der Waals surface area contributed by atoms with Crippen LogP contribution in [0.3, 0.4) is 0 Å². The number of hydrogen-bond acceptors (Lipinski definition) is 5. The number of fused-ring (bicyclic) bond motifs is 1. The first-order valence-electron chi connectivity index (χ1n) is 7.71. The smallest absolute Gasteiger partial charge is 0.226 e. The highest BCUT2D eigenvalue weighted by Crippen LogP contribution is 2.35. The maximum Gasteiger partial charge on any atom is 0.226 e. The number of carbonyl (C=O) groups is 1. The van der Waals surface area contributed by atoms with Crippen LogP contribution in [0.5, 0.6) is 0 Å². The fourth-order valence-electron chi connectivity index (χ4n) is 3.07. The van der Waals surface area contributed by atoms with E-state index in [0.29, 0.717) is 24.0 Å². The van der Waals surface area contributed by atoms with Crippen molar-refractivity contribution in [2.45, 2.75) is 39.2 Å². The van der Waals surface area contributed by atoms with E-state index in [-0.39, 0.29) is 5.91 Å². The van der Waals surface area contributed by atoms with Crippen molar-refractivity contribution in [1.29, 1.82) is 0 Å². The number of rotatable bonds is 5. The van der Waals surface area contributed by atoms with E-state index in [9.17, 15) is 4.79 Å². The molecule has 0 bridgehead atoms. The fourth-order valence-corrected chi connectivity index (χ4v) is 4.00. The molecule has 2 aromatic heterocycles. The van der Waals surface area contributed by atoms with Crippen molar-refractivity contribution >= 4 is 23.1 Å². The highest BCUT2D eigenvalue weighted by molar-refractivity contribution is 7.10. The molecule has 0 spiro atoms. The number of carbonyl (C=O) groups excluding carboxylic acids is 1. The third-order valence-corrected chi connectivity index (χ3v) is 5.11. The fraction of sp³-hybridized carbons (Fsp3) is 0.500. The molecule has 1 aliphatic heterocycles. The maximum absolute atomic E-state index is 12.0. The van der Waals surface area contributed by atoms with Gasteiger partial charge in [-0.05, 0) is 36.8 Å². The number of aryl methyl sites for hydroxylation is 1. The second-order valence-electron chi connectivity index (χ2n) is 5.63. The number of anilines is 1. The summed E-state index contributed by atoms with van der Waals surface area (Å²) in [7, 11) is 0. The Labute approximate surface area is 134 Å².